The molecule has 3 atom stereocenters. The number of unbranched alkanes of at least 4 members (excludes halogenated alkanes) is 1. The van der Waals surface area contributed by atoms with Crippen molar-refractivity contribution in [1.29, 1.82) is 0 Å². The molecule has 3 rings (SSSR count). The molecular weight excluding hydrogens is 574 g/mol. The van der Waals surface area contributed by atoms with E-state index in [2.05, 4.69) is 15.4 Å². The number of esters is 1. The third kappa shape index (κ3) is 10.3. The first-order valence-electron chi connectivity index (χ1n) is 13.4. The molecule has 1 aromatic carbocycles. The summed E-state index contributed by atoms with van der Waals surface area (Å²) in [4.78, 5) is 37.1. The molecule has 2 heterocycles. The molecule has 15 heteroatoms. The summed E-state index contributed by atoms with van der Waals surface area (Å²) < 4.78 is 73.6. The molecular formula is C26H35F4N3O7S. The predicted octanol–water partition coefficient (Wildman–Crippen LogP) is 2.77. The van der Waals surface area contributed by atoms with E-state index in [0.717, 1.165) is 25.0 Å². The summed E-state index contributed by atoms with van der Waals surface area (Å²) >= 11 is 1.86. The number of carbonyl (C=O) groups is 3. The van der Waals surface area contributed by atoms with Crippen molar-refractivity contribution in [3.63, 3.8) is 0 Å². The summed E-state index contributed by atoms with van der Waals surface area (Å²) in [6, 6.07) is 0.311. The third-order valence-electron chi connectivity index (χ3n) is 6.55. The van der Waals surface area contributed by atoms with E-state index in [1.165, 1.54) is 0 Å². The highest BCUT2D eigenvalue weighted by atomic mass is 32.2. The fourth-order valence-electron chi connectivity index (χ4n) is 4.28. The van der Waals surface area contributed by atoms with Crippen LogP contribution in [0.4, 0.5) is 22.4 Å². The summed E-state index contributed by atoms with van der Waals surface area (Å²) in [6.07, 6.45) is 2.75. The van der Waals surface area contributed by atoms with Crippen LogP contribution in [0.5, 0.6) is 5.75 Å². The van der Waals surface area contributed by atoms with Gasteiger partial charge < -0.3 is 34.5 Å². The molecule has 2 fully saturated rings. The Hall–Kier alpha value is -2.62. The van der Waals surface area contributed by atoms with E-state index in [-0.39, 0.29) is 56.5 Å². The van der Waals surface area contributed by atoms with Gasteiger partial charge in [-0.05, 0) is 12.8 Å². The molecule has 0 bridgehead atoms. The predicted molar refractivity (Wildman–Crippen MR) is 141 cm³/mol. The van der Waals surface area contributed by atoms with Gasteiger partial charge in [-0.15, -0.1) is 0 Å². The molecule has 230 valence electrons. The first-order valence-corrected chi connectivity index (χ1v) is 14.4. The SMILES string of the molecule is CN(CCOCCOCCOCCC(=O)Oc1c(F)c(F)cc(F)c1F)C(=O)CCCCC1SCC2NC(=O)NC21. The fourth-order valence-corrected chi connectivity index (χ4v) is 5.83. The van der Waals surface area contributed by atoms with E-state index >= 15 is 0 Å². The normalized spacial score (nSPS) is 19.5. The molecule has 2 aliphatic rings. The lowest BCUT2D eigenvalue weighted by Gasteiger charge is -2.18. The van der Waals surface area contributed by atoms with Crippen LogP contribution in [0.1, 0.15) is 32.1 Å². The Labute approximate surface area is 239 Å². The number of urea groups is 1. The summed E-state index contributed by atoms with van der Waals surface area (Å²) in [6.45, 7) is 1.55. The van der Waals surface area contributed by atoms with Gasteiger partial charge in [0.2, 0.25) is 23.3 Å². The zero-order chi connectivity index (χ0) is 29.8. The van der Waals surface area contributed by atoms with Crippen molar-refractivity contribution >= 4 is 29.7 Å². The largest absolute Gasteiger partial charge is 0.420 e. The maximum atomic E-state index is 13.5. The van der Waals surface area contributed by atoms with Gasteiger partial charge in [0.25, 0.3) is 0 Å². The quantitative estimate of drug-likeness (QED) is 0.0653. The van der Waals surface area contributed by atoms with Crippen LogP contribution in [0.15, 0.2) is 6.07 Å². The number of nitrogens with zero attached hydrogens (tertiary/aromatic N) is 1. The molecule has 41 heavy (non-hydrogen) atoms. The lowest BCUT2D eigenvalue weighted by Crippen LogP contribution is -2.36. The van der Waals surface area contributed by atoms with Crippen molar-refractivity contribution in [3.8, 4) is 5.75 Å². The van der Waals surface area contributed by atoms with Crippen molar-refractivity contribution in [2.24, 2.45) is 0 Å². The highest BCUT2D eigenvalue weighted by Gasteiger charge is 2.42. The standard InChI is InChI=1S/C26H35F4N3O7S/c1-33(20(34)5-3-2-4-19-24-18(15-41-19)31-26(36)32-24)7-9-38-11-13-39-12-10-37-8-6-21(35)40-25-22(29)16(27)14-17(28)23(25)30/h14,18-19,24H,2-13,15H2,1H3,(H2,31,32,36). The molecule has 0 aliphatic carbocycles. The van der Waals surface area contributed by atoms with Crippen LogP contribution in [0.2, 0.25) is 0 Å². The number of amides is 3. The Morgan fingerprint density at radius 2 is 1.56 bits per heavy atom. The van der Waals surface area contributed by atoms with Crippen molar-refractivity contribution in [2.75, 3.05) is 59.0 Å². The Bertz CT molecular complexity index is 1030. The van der Waals surface area contributed by atoms with Gasteiger partial charge in [0.15, 0.2) is 11.6 Å². The van der Waals surface area contributed by atoms with Gasteiger partial charge in [0.05, 0.1) is 58.1 Å². The van der Waals surface area contributed by atoms with Crippen molar-refractivity contribution < 1.29 is 50.9 Å². The molecule has 0 radical (unpaired) electrons. The number of halogens is 4. The number of hydrogen-bond donors (Lipinski definition) is 2. The molecule has 3 unspecified atom stereocenters. The van der Waals surface area contributed by atoms with Gasteiger partial charge in [-0.25, -0.2) is 13.6 Å². The van der Waals surface area contributed by atoms with E-state index in [9.17, 15) is 31.9 Å². The summed E-state index contributed by atoms with van der Waals surface area (Å²) in [5.74, 6) is -8.52. The van der Waals surface area contributed by atoms with Crippen LogP contribution in [0, 0.1) is 23.3 Å². The highest BCUT2D eigenvalue weighted by Crippen LogP contribution is 2.33. The van der Waals surface area contributed by atoms with Crippen LogP contribution in [-0.2, 0) is 23.8 Å². The van der Waals surface area contributed by atoms with E-state index in [0.29, 0.717) is 31.4 Å². The minimum absolute atomic E-state index is 0.0159. The molecule has 2 aliphatic heterocycles. The Morgan fingerprint density at radius 1 is 0.927 bits per heavy atom. The number of rotatable bonds is 18. The van der Waals surface area contributed by atoms with Crippen molar-refractivity contribution in [2.45, 2.75) is 49.4 Å². The van der Waals surface area contributed by atoms with Crippen molar-refractivity contribution in [3.05, 3.63) is 29.3 Å². The lowest BCUT2D eigenvalue weighted by molar-refractivity contribution is -0.136. The molecule has 2 N–H and O–H groups in total. The van der Waals surface area contributed by atoms with Gasteiger partial charge in [0.1, 0.15) is 0 Å². The number of hydrogen-bond acceptors (Lipinski definition) is 8. The van der Waals surface area contributed by atoms with Gasteiger partial charge in [-0.2, -0.15) is 20.5 Å². The van der Waals surface area contributed by atoms with Gasteiger partial charge in [0, 0.05) is 37.1 Å². The second-order valence-corrected chi connectivity index (χ2v) is 10.8. The smallest absolute Gasteiger partial charge is 0.315 e. The number of ether oxygens (including phenoxy) is 4. The molecule has 0 saturated carbocycles. The van der Waals surface area contributed by atoms with Crippen LogP contribution in [-0.4, -0.2) is 99.1 Å². The first-order chi connectivity index (χ1) is 19.7. The van der Waals surface area contributed by atoms with E-state index in [1.54, 1.807) is 11.9 Å². The number of thioether (sulfide) groups is 1. The molecule has 0 spiro atoms. The second kappa shape index (κ2) is 16.7. The average Bonchev–Trinajstić information content (AvgIpc) is 3.49. The Balaban J connectivity index is 1.11. The van der Waals surface area contributed by atoms with Crippen LogP contribution in [0.3, 0.4) is 0 Å². The highest BCUT2D eigenvalue weighted by molar-refractivity contribution is 8.00. The Kier molecular flexibility index (Phi) is 13.4. The summed E-state index contributed by atoms with van der Waals surface area (Å²) in [7, 11) is 1.73. The number of carbonyl (C=O) groups excluding carboxylic acids is 3. The monoisotopic (exact) mass is 609 g/mol. The topological polar surface area (TPSA) is 115 Å². The maximum Gasteiger partial charge on any atom is 0.315 e. The summed E-state index contributed by atoms with van der Waals surface area (Å²) in [5, 5.41) is 6.29. The molecule has 3 amide bonds. The molecule has 1 aromatic rings. The lowest BCUT2D eigenvalue weighted by atomic mass is 10.0. The third-order valence-corrected chi connectivity index (χ3v) is 8.05. The van der Waals surface area contributed by atoms with Gasteiger partial charge in [-0.1, -0.05) is 6.42 Å². The van der Waals surface area contributed by atoms with E-state index < -0.39 is 41.4 Å². The maximum absolute atomic E-state index is 13.5. The van der Waals surface area contributed by atoms with Crippen molar-refractivity contribution in [1.82, 2.24) is 15.5 Å². The fraction of sp³-hybridized carbons (Fsp3) is 0.654. The van der Waals surface area contributed by atoms with Crippen LogP contribution in [0.25, 0.3) is 0 Å². The van der Waals surface area contributed by atoms with Crippen LogP contribution < -0.4 is 15.4 Å². The molecule has 2 saturated heterocycles. The minimum Gasteiger partial charge on any atom is -0.420 e. The zero-order valence-electron chi connectivity index (χ0n) is 22.7. The summed E-state index contributed by atoms with van der Waals surface area (Å²) in [5.41, 5.74) is 0. The average molecular weight is 610 g/mol. The minimum atomic E-state index is -1.80. The number of likely N-dealkylation sites (N-methyl/N-ethyl adjacent to an activating group) is 1. The molecule has 0 aromatic heterocycles. The zero-order valence-corrected chi connectivity index (χ0v) is 23.5. The Morgan fingerprint density at radius 3 is 2.24 bits per heavy atom. The number of nitrogens with one attached hydrogen (secondary N) is 2. The number of benzene rings is 1. The number of fused-ring (bicyclic) bond motifs is 1. The van der Waals surface area contributed by atoms with Crippen LogP contribution >= 0.6 is 11.8 Å². The van der Waals surface area contributed by atoms with E-state index in [1.807, 2.05) is 11.8 Å². The second-order valence-electron chi connectivity index (χ2n) is 9.54. The van der Waals surface area contributed by atoms with E-state index in [4.69, 9.17) is 14.2 Å². The van der Waals surface area contributed by atoms with Gasteiger partial charge in [-0.3, -0.25) is 9.59 Å². The molecule has 10 nitrogen and oxygen atoms in total. The van der Waals surface area contributed by atoms with Gasteiger partial charge >= 0.3 is 12.0 Å². The first kappa shape index (κ1) is 32.9.